The van der Waals surface area contributed by atoms with Crippen LogP contribution in [-0.2, 0) is 9.59 Å². The van der Waals surface area contributed by atoms with Crippen LogP contribution >= 0.6 is 0 Å². The molecule has 2 amide bonds. The van der Waals surface area contributed by atoms with E-state index in [1.165, 1.54) is 11.3 Å². The Kier molecular flexibility index (Phi) is 5.25. The van der Waals surface area contributed by atoms with E-state index in [1.54, 1.807) is 0 Å². The van der Waals surface area contributed by atoms with Gasteiger partial charge in [0.1, 0.15) is 0 Å². The predicted molar refractivity (Wildman–Crippen MR) is 81.6 cm³/mol. The van der Waals surface area contributed by atoms with Gasteiger partial charge in [-0.2, -0.15) is 0 Å². The number of nitrogens with one attached hydrogen (secondary N) is 1. The topological polar surface area (TPSA) is 67.8 Å². The molecule has 3 N–H and O–H groups in total. The summed E-state index contributed by atoms with van der Waals surface area (Å²) in [4.78, 5) is 27.4. The van der Waals surface area contributed by atoms with Crippen molar-refractivity contribution >= 4 is 11.8 Å². The van der Waals surface area contributed by atoms with Gasteiger partial charge in [0.25, 0.3) is 5.91 Å². The number of nitrogens with zero attached hydrogens (tertiary/aromatic N) is 1. The minimum absolute atomic E-state index is 0.0651. The van der Waals surface area contributed by atoms with Crippen LogP contribution in [0.2, 0.25) is 0 Å². The summed E-state index contributed by atoms with van der Waals surface area (Å²) in [6.07, 6.45) is 3.06. The summed E-state index contributed by atoms with van der Waals surface area (Å²) >= 11 is 0. The van der Waals surface area contributed by atoms with Crippen LogP contribution < -0.4 is 10.6 Å². The molecule has 0 aromatic rings. The van der Waals surface area contributed by atoms with Crippen LogP contribution in [0.5, 0.6) is 0 Å². The highest BCUT2D eigenvalue weighted by Crippen LogP contribution is 2.21. The number of piperidine rings is 2. The minimum atomic E-state index is -0.216. The van der Waals surface area contributed by atoms with Gasteiger partial charge in [-0.15, -0.1) is 0 Å². The standard InChI is InChI=1S/C16H29N3O2/c1-11-7-12(2)9-19(8-11)16(21)13(3)18-6-4-5-14(10-18)15(17)20/h11-14H,4-10H2,1-3H3,(H2,17,20)/p+1/t11-,12-,13+,14-/m0/s1. The molecule has 21 heavy (non-hydrogen) atoms. The molecule has 2 heterocycles. The lowest BCUT2D eigenvalue weighted by Crippen LogP contribution is -3.18. The molecule has 0 aromatic carbocycles. The second-order valence-electron chi connectivity index (χ2n) is 7.26. The molecular formula is C16H30N3O2+. The van der Waals surface area contributed by atoms with Crippen LogP contribution in [0.4, 0.5) is 0 Å². The zero-order valence-corrected chi connectivity index (χ0v) is 13.6. The van der Waals surface area contributed by atoms with Crippen molar-refractivity contribution in [1.29, 1.82) is 0 Å². The van der Waals surface area contributed by atoms with Crippen molar-refractivity contribution in [3.8, 4) is 0 Å². The number of amides is 2. The van der Waals surface area contributed by atoms with Crippen molar-refractivity contribution in [2.45, 2.75) is 46.1 Å². The Morgan fingerprint density at radius 3 is 2.43 bits per heavy atom. The molecule has 0 spiro atoms. The third-order valence-corrected chi connectivity index (χ3v) is 5.12. The zero-order chi connectivity index (χ0) is 15.6. The Morgan fingerprint density at radius 2 is 1.86 bits per heavy atom. The van der Waals surface area contributed by atoms with Crippen molar-refractivity contribution in [3.63, 3.8) is 0 Å². The summed E-state index contributed by atoms with van der Waals surface area (Å²) in [5.74, 6) is 1.13. The normalized spacial score (nSPS) is 35.3. The van der Waals surface area contributed by atoms with E-state index in [0.29, 0.717) is 18.4 Å². The predicted octanol–water partition coefficient (Wildman–Crippen LogP) is -0.340. The number of likely N-dealkylation sites (tertiary alicyclic amines) is 2. The van der Waals surface area contributed by atoms with Gasteiger partial charge in [-0.3, -0.25) is 9.59 Å². The molecule has 0 aliphatic carbocycles. The SMILES string of the molecule is C[C@H]1C[C@H](C)CN(C(=O)[C@@H](C)[NH+]2CCC[C@H](C(N)=O)C2)C1. The number of hydrogen-bond acceptors (Lipinski definition) is 2. The second-order valence-corrected chi connectivity index (χ2v) is 7.26. The highest BCUT2D eigenvalue weighted by atomic mass is 16.2. The number of carbonyl (C=O) groups is 2. The average Bonchev–Trinajstić information content (AvgIpc) is 2.44. The van der Waals surface area contributed by atoms with E-state index >= 15 is 0 Å². The molecular weight excluding hydrogens is 266 g/mol. The maximum Gasteiger partial charge on any atom is 0.280 e. The van der Waals surface area contributed by atoms with Gasteiger partial charge in [0, 0.05) is 13.1 Å². The lowest BCUT2D eigenvalue weighted by molar-refractivity contribution is -0.921. The molecule has 1 unspecified atom stereocenters. The van der Waals surface area contributed by atoms with Crippen LogP contribution in [0.3, 0.4) is 0 Å². The number of primary amides is 1. The molecule has 0 saturated carbocycles. The molecule has 2 aliphatic heterocycles. The largest absolute Gasteiger partial charge is 0.369 e. The van der Waals surface area contributed by atoms with Gasteiger partial charge >= 0.3 is 0 Å². The van der Waals surface area contributed by atoms with Crippen molar-refractivity contribution in [3.05, 3.63) is 0 Å². The fourth-order valence-electron chi connectivity index (χ4n) is 4.02. The van der Waals surface area contributed by atoms with Gasteiger partial charge < -0.3 is 15.5 Å². The highest BCUT2D eigenvalue weighted by Gasteiger charge is 2.36. The van der Waals surface area contributed by atoms with Crippen molar-refractivity contribution < 1.29 is 14.5 Å². The molecule has 5 atom stereocenters. The highest BCUT2D eigenvalue weighted by molar-refractivity contribution is 5.80. The first-order chi connectivity index (χ1) is 9.88. The maximum absolute atomic E-state index is 12.8. The van der Waals surface area contributed by atoms with E-state index in [9.17, 15) is 9.59 Å². The quantitative estimate of drug-likeness (QED) is 0.748. The van der Waals surface area contributed by atoms with E-state index in [-0.39, 0.29) is 23.8 Å². The lowest BCUT2D eigenvalue weighted by Gasteiger charge is -2.39. The average molecular weight is 296 g/mol. The van der Waals surface area contributed by atoms with E-state index in [0.717, 1.165) is 32.5 Å². The van der Waals surface area contributed by atoms with Gasteiger partial charge in [0.05, 0.1) is 19.0 Å². The molecule has 0 radical (unpaired) electrons. The fourth-order valence-corrected chi connectivity index (χ4v) is 4.02. The number of carbonyl (C=O) groups excluding carboxylic acids is 2. The van der Waals surface area contributed by atoms with Gasteiger partial charge in [-0.1, -0.05) is 13.8 Å². The van der Waals surface area contributed by atoms with Crippen molar-refractivity contribution in [2.24, 2.45) is 23.5 Å². The maximum atomic E-state index is 12.8. The lowest BCUT2D eigenvalue weighted by atomic mass is 9.91. The molecule has 120 valence electrons. The number of hydrogen-bond donors (Lipinski definition) is 2. The van der Waals surface area contributed by atoms with Gasteiger partial charge in [0.15, 0.2) is 6.04 Å². The summed E-state index contributed by atoms with van der Waals surface area (Å²) in [6.45, 7) is 9.87. The minimum Gasteiger partial charge on any atom is -0.369 e. The van der Waals surface area contributed by atoms with E-state index in [4.69, 9.17) is 5.73 Å². The summed E-state index contributed by atoms with van der Waals surface area (Å²) in [5, 5.41) is 0. The van der Waals surface area contributed by atoms with Crippen LogP contribution in [-0.4, -0.2) is 48.9 Å². The first-order valence-corrected chi connectivity index (χ1v) is 8.31. The van der Waals surface area contributed by atoms with Crippen LogP contribution in [0.1, 0.15) is 40.0 Å². The number of rotatable bonds is 3. The Morgan fingerprint density at radius 1 is 1.24 bits per heavy atom. The van der Waals surface area contributed by atoms with Gasteiger partial charge in [-0.25, -0.2) is 0 Å². The summed E-state index contributed by atoms with van der Waals surface area (Å²) in [7, 11) is 0. The Balaban J connectivity index is 1.96. The zero-order valence-electron chi connectivity index (χ0n) is 13.6. The molecule has 5 heteroatoms. The van der Waals surface area contributed by atoms with E-state index in [1.807, 2.05) is 11.8 Å². The molecule has 2 fully saturated rings. The summed E-state index contributed by atoms with van der Waals surface area (Å²) < 4.78 is 0. The van der Waals surface area contributed by atoms with Crippen LogP contribution in [0.25, 0.3) is 0 Å². The van der Waals surface area contributed by atoms with Crippen LogP contribution in [0.15, 0.2) is 0 Å². The van der Waals surface area contributed by atoms with E-state index < -0.39 is 0 Å². The monoisotopic (exact) mass is 296 g/mol. The van der Waals surface area contributed by atoms with E-state index in [2.05, 4.69) is 13.8 Å². The van der Waals surface area contributed by atoms with Gasteiger partial charge in [-0.05, 0) is 38.0 Å². The fraction of sp³-hybridized carbons (Fsp3) is 0.875. The third-order valence-electron chi connectivity index (χ3n) is 5.12. The molecule has 2 aliphatic rings. The number of nitrogens with two attached hydrogens (primary N) is 1. The Bertz CT molecular complexity index is 389. The smallest absolute Gasteiger partial charge is 0.280 e. The molecule has 0 aromatic heterocycles. The first kappa shape index (κ1) is 16.3. The molecule has 0 bridgehead atoms. The third kappa shape index (κ3) is 3.96. The number of quaternary nitrogens is 1. The Labute approximate surface area is 127 Å². The summed E-state index contributed by atoms with van der Waals surface area (Å²) in [6, 6.07) is -0.0651. The summed E-state index contributed by atoms with van der Waals surface area (Å²) in [5.41, 5.74) is 5.44. The van der Waals surface area contributed by atoms with Crippen molar-refractivity contribution in [1.82, 2.24) is 4.90 Å². The van der Waals surface area contributed by atoms with Crippen molar-refractivity contribution in [2.75, 3.05) is 26.2 Å². The molecule has 5 nitrogen and oxygen atoms in total. The van der Waals surface area contributed by atoms with Gasteiger partial charge in [0.2, 0.25) is 5.91 Å². The first-order valence-electron chi connectivity index (χ1n) is 8.31. The Hall–Kier alpha value is -1.10. The molecule has 2 saturated heterocycles. The second kappa shape index (κ2) is 6.77. The molecule has 2 rings (SSSR count). The van der Waals surface area contributed by atoms with Crippen LogP contribution in [0, 0.1) is 17.8 Å².